The zero-order chi connectivity index (χ0) is 11.5. The highest BCUT2D eigenvalue weighted by molar-refractivity contribution is 5.32. The average Bonchev–Trinajstić information content (AvgIpc) is 2.21. The van der Waals surface area contributed by atoms with Gasteiger partial charge in [0.1, 0.15) is 12.4 Å². The van der Waals surface area contributed by atoms with E-state index in [-0.39, 0.29) is 5.75 Å². The molecule has 1 aromatic heterocycles. The monoisotopic (exact) mass is 217 g/mol. The van der Waals surface area contributed by atoms with Crippen molar-refractivity contribution < 1.29 is 18.6 Å². The third kappa shape index (κ3) is 3.13. The van der Waals surface area contributed by atoms with Crippen LogP contribution in [0.1, 0.15) is 18.2 Å². The molecule has 1 rings (SSSR count). The summed E-state index contributed by atoms with van der Waals surface area (Å²) in [6.07, 6.45) is -1.43. The van der Waals surface area contributed by atoms with Crippen molar-refractivity contribution in [3.8, 4) is 5.75 Å². The number of alkyl halides is 2. The highest BCUT2D eigenvalue weighted by Crippen LogP contribution is 2.24. The van der Waals surface area contributed by atoms with Crippen LogP contribution >= 0.6 is 0 Å². The van der Waals surface area contributed by atoms with Crippen molar-refractivity contribution in [3.63, 3.8) is 0 Å². The summed E-state index contributed by atoms with van der Waals surface area (Å²) >= 11 is 0. The predicted octanol–water partition coefficient (Wildman–Crippen LogP) is 1.92. The fourth-order valence-electron chi connectivity index (χ4n) is 1.04. The van der Waals surface area contributed by atoms with E-state index in [1.807, 2.05) is 6.92 Å². The molecular weight excluding hydrogens is 204 g/mol. The normalized spacial score (nSPS) is 11.5. The van der Waals surface area contributed by atoms with E-state index < -0.39 is 12.7 Å². The summed E-state index contributed by atoms with van der Waals surface area (Å²) in [6.45, 7) is 2.15. The second-order valence-electron chi connectivity index (χ2n) is 3.19. The summed E-state index contributed by atoms with van der Waals surface area (Å²) in [5, 5.41) is 8.38. The van der Waals surface area contributed by atoms with Gasteiger partial charge in [0.2, 0.25) is 0 Å². The van der Waals surface area contributed by atoms with Gasteiger partial charge in [-0.15, -0.1) is 0 Å². The number of aliphatic hydroxyl groups is 1. The maximum Gasteiger partial charge on any atom is 0.421 e. The van der Waals surface area contributed by atoms with Crippen LogP contribution in [-0.4, -0.2) is 22.8 Å². The van der Waals surface area contributed by atoms with Crippen molar-refractivity contribution in [2.45, 2.75) is 26.4 Å². The molecule has 15 heavy (non-hydrogen) atoms. The Morgan fingerprint density at radius 1 is 1.53 bits per heavy atom. The van der Waals surface area contributed by atoms with Crippen molar-refractivity contribution in [2.75, 3.05) is 6.61 Å². The number of pyridine rings is 1. The zero-order valence-corrected chi connectivity index (χ0v) is 8.63. The van der Waals surface area contributed by atoms with Crippen LogP contribution in [0.4, 0.5) is 8.78 Å². The molecule has 0 atom stereocenters. The van der Waals surface area contributed by atoms with Crippen LogP contribution in [0.3, 0.4) is 0 Å². The molecule has 0 aliphatic heterocycles. The van der Waals surface area contributed by atoms with E-state index in [1.165, 1.54) is 12.3 Å². The molecule has 0 aliphatic rings. The smallest absolute Gasteiger partial charge is 0.421 e. The van der Waals surface area contributed by atoms with Gasteiger partial charge in [-0.25, -0.2) is 0 Å². The number of aromatic nitrogens is 1. The van der Waals surface area contributed by atoms with E-state index in [2.05, 4.69) is 9.72 Å². The first kappa shape index (κ1) is 11.8. The lowest BCUT2D eigenvalue weighted by Gasteiger charge is -2.17. The molecule has 0 amide bonds. The fraction of sp³-hybridized carbons (Fsp3) is 0.500. The Kier molecular flexibility index (Phi) is 3.57. The van der Waals surface area contributed by atoms with Crippen LogP contribution in [-0.2, 0) is 6.42 Å². The Bertz CT molecular complexity index is 342. The second-order valence-corrected chi connectivity index (χ2v) is 3.19. The summed E-state index contributed by atoms with van der Waals surface area (Å²) in [6, 6.07) is 1.46. The first-order valence-corrected chi connectivity index (χ1v) is 4.61. The fourth-order valence-corrected chi connectivity index (χ4v) is 1.04. The molecule has 0 aliphatic carbocycles. The summed E-state index contributed by atoms with van der Waals surface area (Å²) in [5.41, 5.74) is 1.18. The number of halogens is 2. The number of rotatable bonds is 4. The maximum atomic E-state index is 12.8. The van der Waals surface area contributed by atoms with Gasteiger partial charge in [-0.3, -0.25) is 4.98 Å². The van der Waals surface area contributed by atoms with Gasteiger partial charge in [0.15, 0.2) is 0 Å². The minimum absolute atomic E-state index is 0.0564. The van der Waals surface area contributed by atoms with Crippen LogP contribution in [0.5, 0.6) is 5.75 Å². The van der Waals surface area contributed by atoms with Crippen LogP contribution in [0.2, 0.25) is 0 Å². The van der Waals surface area contributed by atoms with Gasteiger partial charge >= 0.3 is 6.11 Å². The summed E-state index contributed by atoms with van der Waals surface area (Å²) in [7, 11) is 0. The lowest BCUT2D eigenvalue weighted by molar-refractivity contribution is -0.201. The van der Waals surface area contributed by atoms with Crippen LogP contribution in [0.15, 0.2) is 12.3 Å². The molecule has 0 radical (unpaired) electrons. The zero-order valence-electron chi connectivity index (χ0n) is 8.63. The molecule has 1 N–H and O–H groups in total. The Morgan fingerprint density at radius 3 is 2.73 bits per heavy atom. The minimum atomic E-state index is -3.54. The number of aryl methyl sites for hydroxylation is 2. The topological polar surface area (TPSA) is 42.4 Å². The number of aliphatic hydroxyl groups excluding tert-OH is 1. The molecule has 0 fully saturated rings. The third-order valence-corrected chi connectivity index (χ3v) is 1.92. The molecule has 0 saturated carbocycles. The van der Waals surface area contributed by atoms with Crippen LogP contribution in [0.25, 0.3) is 0 Å². The average molecular weight is 217 g/mol. The molecule has 0 aromatic carbocycles. The van der Waals surface area contributed by atoms with E-state index >= 15 is 0 Å². The van der Waals surface area contributed by atoms with Gasteiger partial charge in [-0.1, -0.05) is 6.92 Å². The van der Waals surface area contributed by atoms with Crippen LogP contribution < -0.4 is 4.74 Å². The van der Waals surface area contributed by atoms with Crippen molar-refractivity contribution in [1.82, 2.24) is 4.98 Å². The van der Waals surface area contributed by atoms with Gasteiger partial charge in [0.25, 0.3) is 0 Å². The molecule has 5 heteroatoms. The Morgan fingerprint density at radius 2 is 2.20 bits per heavy atom. The Balaban J connectivity index is 2.93. The number of nitrogens with zero attached hydrogens (tertiary/aromatic N) is 1. The van der Waals surface area contributed by atoms with Crippen molar-refractivity contribution in [3.05, 3.63) is 23.5 Å². The predicted molar refractivity (Wildman–Crippen MR) is 51.0 cm³/mol. The van der Waals surface area contributed by atoms with Crippen molar-refractivity contribution in [1.29, 1.82) is 0 Å². The van der Waals surface area contributed by atoms with Gasteiger partial charge in [-0.05, 0) is 13.3 Å². The number of ether oxygens (including phenoxy) is 1. The summed E-state index contributed by atoms with van der Waals surface area (Å²) in [4.78, 5) is 4.03. The van der Waals surface area contributed by atoms with Crippen LogP contribution in [0, 0.1) is 6.92 Å². The highest BCUT2D eigenvalue weighted by atomic mass is 19.3. The minimum Gasteiger partial charge on any atom is -0.430 e. The van der Waals surface area contributed by atoms with E-state index in [4.69, 9.17) is 5.11 Å². The first-order valence-electron chi connectivity index (χ1n) is 4.61. The molecule has 84 valence electrons. The SMILES string of the molecule is CCc1cc(OC(F)(F)CO)c(C)cn1. The van der Waals surface area contributed by atoms with Gasteiger partial charge in [0, 0.05) is 23.5 Å². The second kappa shape index (κ2) is 4.53. The molecule has 0 bridgehead atoms. The maximum absolute atomic E-state index is 12.8. The van der Waals surface area contributed by atoms with Gasteiger partial charge in [-0.2, -0.15) is 8.78 Å². The van der Waals surface area contributed by atoms with E-state index in [0.29, 0.717) is 17.7 Å². The summed E-state index contributed by atoms with van der Waals surface area (Å²) < 4.78 is 29.9. The van der Waals surface area contributed by atoms with Crippen molar-refractivity contribution >= 4 is 0 Å². The number of hydrogen-bond donors (Lipinski definition) is 1. The van der Waals surface area contributed by atoms with Gasteiger partial charge in [0.05, 0.1) is 0 Å². The molecule has 0 spiro atoms. The largest absolute Gasteiger partial charge is 0.430 e. The van der Waals surface area contributed by atoms with E-state index in [1.54, 1.807) is 6.92 Å². The first-order chi connectivity index (χ1) is 6.98. The Labute approximate surface area is 86.7 Å². The molecule has 0 unspecified atom stereocenters. The van der Waals surface area contributed by atoms with Gasteiger partial charge < -0.3 is 9.84 Å². The quantitative estimate of drug-likeness (QED) is 0.837. The lowest BCUT2D eigenvalue weighted by atomic mass is 10.2. The summed E-state index contributed by atoms with van der Waals surface area (Å²) in [5.74, 6) is 0.0564. The number of hydrogen-bond acceptors (Lipinski definition) is 3. The molecule has 1 heterocycles. The highest BCUT2D eigenvalue weighted by Gasteiger charge is 2.31. The van der Waals surface area contributed by atoms with Crippen molar-refractivity contribution in [2.24, 2.45) is 0 Å². The molecular formula is C10H13F2NO2. The van der Waals surface area contributed by atoms with E-state index in [9.17, 15) is 8.78 Å². The standard InChI is InChI=1S/C10H13F2NO2/c1-3-8-4-9(7(2)5-13-8)15-10(11,12)6-14/h4-5,14H,3,6H2,1-2H3. The Hall–Kier alpha value is -1.23. The molecule has 0 saturated heterocycles. The van der Waals surface area contributed by atoms with E-state index in [0.717, 1.165) is 0 Å². The molecule has 1 aromatic rings. The lowest BCUT2D eigenvalue weighted by Crippen LogP contribution is -2.29. The molecule has 3 nitrogen and oxygen atoms in total. The third-order valence-electron chi connectivity index (χ3n) is 1.92.